The first kappa shape index (κ1) is 14.6. The number of hydrogen-bond acceptors (Lipinski definition) is 3. The van der Waals surface area contributed by atoms with Crippen LogP contribution in [0.1, 0.15) is 25.3 Å². The van der Waals surface area contributed by atoms with E-state index in [1.165, 1.54) is 0 Å². The zero-order chi connectivity index (χ0) is 14.4. The zero-order valence-corrected chi connectivity index (χ0v) is 12.2. The van der Waals surface area contributed by atoms with Gasteiger partial charge in [0.25, 0.3) is 0 Å². The van der Waals surface area contributed by atoms with Crippen molar-refractivity contribution in [2.24, 2.45) is 11.8 Å². The Balaban J connectivity index is 1.81. The lowest BCUT2D eigenvalue weighted by Gasteiger charge is -2.24. The molecule has 1 aliphatic carbocycles. The molecule has 3 nitrogen and oxygen atoms in total. The molecule has 0 amide bonds. The van der Waals surface area contributed by atoms with Crippen LogP contribution in [0.4, 0.5) is 0 Å². The van der Waals surface area contributed by atoms with E-state index in [9.17, 15) is 4.79 Å². The van der Waals surface area contributed by atoms with E-state index in [1.807, 2.05) is 24.3 Å². The third-order valence-corrected chi connectivity index (χ3v) is 3.86. The van der Waals surface area contributed by atoms with Crippen LogP contribution in [0.15, 0.2) is 36.4 Å². The molecule has 0 aliphatic heterocycles. The highest BCUT2D eigenvalue weighted by Crippen LogP contribution is 2.25. The summed E-state index contributed by atoms with van der Waals surface area (Å²) in [6.45, 7) is 2.73. The molecule has 0 N–H and O–H groups in total. The predicted molar refractivity (Wildman–Crippen MR) is 78.7 cm³/mol. The van der Waals surface area contributed by atoms with Crippen molar-refractivity contribution in [1.82, 2.24) is 0 Å². The van der Waals surface area contributed by atoms with Gasteiger partial charge in [0.2, 0.25) is 0 Å². The van der Waals surface area contributed by atoms with Crippen LogP contribution >= 0.6 is 0 Å². The Morgan fingerprint density at radius 1 is 1.30 bits per heavy atom. The highest BCUT2D eigenvalue weighted by molar-refractivity contribution is 5.72. The quantitative estimate of drug-likeness (QED) is 0.610. The summed E-state index contributed by atoms with van der Waals surface area (Å²) < 4.78 is 10.6. The van der Waals surface area contributed by atoms with Crippen molar-refractivity contribution >= 4 is 5.97 Å². The van der Waals surface area contributed by atoms with Crippen LogP contribution in [-0.4, -0.2) is 19.7 Å². The predicted octanol–water partition coefficient (Wildman–Crippen LogP) is 3.38. The number of hydrogen-bond donors (Lipinski definition) is 0. The molecule has 0 fully saturated rings. The van der Waals surface area contributed by atoms with E-state index >= 15 is 0 Å². The third kappa shape index (κ3) is 4.12. The first-order valence-corrected chi connectivity index (χ1v) is 7.12. The van der Waals surface area contributed by atoms with Gasteiger partial charge in [-0.3, -0.25) is 4.79 Å². The monoisotopic (exact) mass is 274 g/mol. The van der Waals surface area contributed by atoms with E-state index in [2.05, 4.69) is 19.1 Å². The maximum atomic E-state index is 11.9. The van der Waals surface area contributed by atoms with Gasteiger partial charge in [-0.1, -0.05) is 31.2 Å². The Morgan fingerprint density at radius 3 is 2.85 bits per heavy atom. The van der Waals surface area contributed by atoms with Gasteiger partial charge in [-0.25, -0.2) is 0 Å². The van der Waals surface area contributed by atoms with Crippen molar-refractivity contribution < 1.29 is 14.3 Å². The van der Waals surface area contributed by atoms with Crippen LogP contribution in [0, 0.1) is 11.8 Å². The molecule has 0 radical (unpaired) electrons. The highest BCUT2D eigenvalue weighted by Gasteiger charge is 2.20. The lowest BCUT2D eigenvalue weighted by molar-refractivity contribution is -0.144. The number of ether oxygens (including phenoxy) is 2. The van der Waals surface area contributed by atoms with Gasteiger partial charge in [0.05, 0.1) is 20.1 Å². The first-order chi connectivity index (χ1) is 9.69. The van der Waals surface area contributed by atoms with Crippen molar-refractivity contribution in [3.05, 3.63) is 42.0 Å². The number of esters is 1. The minimum Gasteiger partial charge on any atom is -0.497 e. The van der Waals surface area contributed by atoms with Gasteiger partial charge in [-0.15, -0.1) is 0 Å². The second-order valence-electron chi connectivity index (χ2n) is 5.39. The maximum Gasteiger partial charge on any atom is 0.310 e. The molecule has 1 aromatic rings. The van der Waals surface area contributed by atoms with Crippen molar-refractivity contribution in [2.75, 3.05) is 13.7 Å². The van der Waals surface area contributed by atoms with Crippen LogP contribution < -0.4 is 4.74 Å². The molecule has 0 spiro atoms. The van der Waals surface area contributed by atoms with Crippen molar-refractivity contribution in [3.63, 3.8) is 0 Å². The molecule has 0 saturated carbocycles. The van der Waals surface area contributed by atoms with Crippen LogP contribution in [0.25, 0.3) is 0 Å². The topological polar surface area (TPSA) is 35.5 Å². The molecule has 1 aliphatic rings. The number of allylic oxidation sites excluding steroid dienone is 2. The average molecular weight is 274 g/mol. The summed E-state index contributed by atoms with van der Waals surface area (Å²) in [5.74, 6) is 1.64. The Morgan fingerprint density at radius 2 is 2.10 bits per heavy atom. The lowest BCUT2D eigenvalue weighted by atomic mass is 9.85. The summed E-state index contributed by atoms with van der Waals surface area (Å²) in [5, 5.41) is 0. The standard InChI is InChI=1S/C17H22O3/c1-13-6-3-4-8-15(13)12-20-17(18)11-14-7-5-9-16(10-14)19-2/h3-5,7,9-10,13,15H,6,8,11-12H2,1-2H3/t13-,15+/m0/s1. The zero-order valence-electron chi connectivity index (χ0n) is 12.2. The Labute approximate surface area is 120 Å². The fraction of sp³-hybridized carbons (Fsp3) is 0.471. The SMILES string of the molecule is COc1cccc(CC(=O)OC[C@H]2CC=CC[C@@H]2C)c1. The van der Waals surface area contributed by atoms with Gasteiger partial charge >= 0.3 is 5.97 Å². The Kier molecular flexibility index (Phi) is 5.22. The number of rotatable bonds is 5. The van der Waals surface area contributed by atoms with Crippen LogP contribution in [0.3, 0.4) is 0 Å². The molecule has 0 unspecified atom stereocenters. The number of carbonyl (C=O) groups is 1. The maximum absolute atomic E-state index is 11.9. The summed E-state index contributed by atoms with van der Waals surface area (Å²) >= 11 is 0. The first-order valence-electron chi connectivity index (χ1n) is 7.12. The molecular formula is C17H22O3. The fourth-order valence-electron chi connectivity index (χ4n) is 2.44. The molecule has 2 atom stereocenters. The van der Waals surface area contributed by atoms with Crippen molar-refractivity contribution in [3.8, 4) is 5.75 Å². The lowest BCUT2D eigenvalue weighted by Crippen LogP contribution is -2.22. The molecular weight excluding hydrogens is 252 g/mol. The van der Waals surface area contributed by atoms with Gasteiger partial charge in [-0.05, 0) is 42.4 Å². The Bertz CT molecular complexity index is 479. The molecule has 0 heterocycles. The minimum absolute atomic E-state index is 0.167. The van der Waals surface area contributed by atoms with Gasteiger partial charge in [0.15, 0.2) is 0 Å². The van der Waals surface area contributed by atoms with Gasteiger partial charge in [0, 0.05) is 0 Å². The summed E-state index contributed by atoms with van der Waals surface area (Å²) in [6, 6.07) is 7.53. The molecule has 20 heavy (non-hydrogen) atoms. The molecule has 2 rings (SSSR count). The normalized spacial score (nSPS) is 21.5. The second kappa shape index (κ2) is 7.13. The summed E-state index contributed by atoms with van der Waals surface area (Å²) in [5.41, 5.74) is 0.922. The van der Waals surface area contributed by atoms with Crippen LogP contribution in [0.2, 0.25) is 0 Å². The molecule has 0 aromatic heterocycles. The van der Waals surface area contributed by atoms with Gasteiger partial charge < -0.3 is 9.47 Å². The molecule has 0 saturated heterocycles. The smallest absolute Gasteiger partial charge is 0.310 e. The van der Waals surface area contributed by atoms with E-state index in [0.29, 0.717) is 24.9 Å². The van der Waals surface area contributed by atoms with E-state index in [0.717, 1.165) is 24.2 Å². The fourth-order valence-corrected chi connectivity index (χ4v) is 2.44. The average Bonchev–Trinajstić information content (AvgIpc) is 2.46. The van der Waals surface area contributed by atoms with Gasteiger partial charge in [-0.2, -0.15) is 0 Å². The van der Waals surface area contributed by atoms with Gasteiger partial charge in [0.1, 0.15) is 5.75 Å². The van der Waals surface area contributed by atoms with Crippen molar-refractivity contribution in [2.45, 2.75) is 26.2 Å². The largest absolute Gasteiger partial charge is 0.497 e. The number of methoxy groups -OCH3 is 1. The van der Waals surface area contributed by atoms with E-state index in [1.54, 1.807) is 7.11 Å². The second-order valence-corrected chi connectivity index (χ2v) is 5.39. The van der Waals surface area contributed by atoms with Crippen LogP contribution in [0.5, 0.6) is 5.75 Å². The molecule has 0 bridgehead atoms. The molecule has 108 valence electrons. The summed E-state index contributed by atoms with van der Waals surface area (Å²) in [7, 11) is 1.62. The summed E-state index contributed by atoms with van der Waals surface area (Å²) in [6.07, 6.45) is 6.78. The molecule has 1 aromatic carbocycles. The van der Waals surface area contributed by atoms with Crippen molar-refractivity contribution in [1.29, 1.82) is 0 Å². The number of carbonyl (C=O) groups excluding carboxylic acids is 1. The highest BCUT2D eigenvalue weighted by atomic mass is 16.5. The molecule has 3 heteroatoms. The third-order valence-electron chi connectivity index (χ3n) is 3.86. The van der Waals surface area contributed by atoms with E-state index < -0.39 is 0 Å². The van der Waals surface area contributed by atoms with E-state index in [4.69, 9.17) is 9.47 Å². The number of benzene rings is 1. The Hall–Kier alpha value is -1.77. The summed E-state index contributed by atoms with van der Waals surface area (Å²) in [4.78, 5) is 11.9. The van der Waals surface area contributed by atoms with Crippen LogP contribution in [-0.2, 0) is 16.0 Å². The van der Waals surface area contributed by atoms with E-state index in [-0.39, 0.29) is 5.97 Å². The minimum atomic E-state index is -0.167.